The van der Waals surface area contributed by atoms with Gasteiger partial charge in [0.15, 0.2) is 12.4 Å². The van der Waals surface area contributed by atoms with Crippen molar-refractivity contribution in [1.29, 1.82) is 0 Å². The monoisotopic (exact) mass is 563 g/mol. The molecule has 2 aliphatic heterocycles. The molecule has 1 aromatic heterocycles. The molecule has 5 rings (SSSR count). The third-order valence-corrected chi connectivity index (χ3v) is 7.48. The molecule has 3 heterocycles. The number of aromatic amines is 1. The van der Waals surface area contributed by atoms with Crippen molar-refractivity contribution >= 4 is 29.1 Å². The molecule has 1 amide bonds. The first-order valence-electron chi connectivity index (χ1n) is 11.9. The van der Waals surface area contributed by atoms with E-state index in [4.69, 9.17) is 32.7 Å². The van der Waals surface area contributed by atoms with E-state index in [1.165, 1.54) is 18.1 Å². The zero-order chi connectivity index (χ0) is 27.3. The Hall–Kier alpha value is -3.18. The Balaban J connectivity index is 1.43. The summed E-state index contributed by atoms with van der Waals surface area (Å²) in [6.07, 6.45) is -4.69. The zero-order valence-corrected chi connectivity index (χ0v) is 21.9. The van der Waals surface area contributed by atoms with E-state index >= 15 is 4.39 Å². The highest BCUT2D eigenvalue weighted by molar-refractivity contribution is 6.33. The number of aliphatic hydroxyl groups excluding tert-OH is 1. The van der Waals surface area contributed by atoms with Crippen molar-refractivity contribution in [2.45, 2.75) is 43.9 Å². The Morgan fingerprint density at radius 1 is 1.13 bits per heavy atom. The summed E-state index contributed by atoms with van der Waals surface area (Å²) in [5.41, 5.74) is -0.0989. The van der Waals surface area contributed by atoms with E-state index in [2.05, 4.69) is 4.98 Å². The minimum Gasteiger partial charge on any atom is -0.454 e. The molecule has 0 bridgehead atoms. The van der Waals surface area contributed by atoms with Gasteiger partial charge in [-0.1, -0.05) is 54.4 Å². The van der Waals surface area contributed by atoms with Crippen molar-refractivity contribution in [3.05, 3.63) is 90.2 Å². The maximum atomic E-state index is 15.1. The number of fused-ring (bicyclic) bond motifs is 2. The number of para-hydroxylation sites is 2. The first-order chi connectivity index (χ1) is 18.1. The van der Waals surface area contributed by atoms with Gasteiger partial charge in [0.05, 0.1) is 16.0 Å². The maximum absolute atomic E-state index is 15.1. The number of likely N-dealkylation sites (N-methyl/N-ethyl adjacent to an activating group) is 1. The van der Waals surface area contributed by atoms with Gasteiger partial charge in [-0.05, 0) is 18.6 Å². The van der Waals surface area contributed by atoms with E-state index in [9.17, 15) is 19.5 Å². The van der Waals surface area contributed by atoms with Gasteiger partial charge in [-0.3, -0.25) is 19.1 Å². The number of amides is 1. The van der Waals surface area contributed by atoms with E-state index in [1.807, 2.05) is 0 Å². The smallest absolute Gasteiger partial charge is 0.330 e. The Labute approximate surface area is 226 Å². The predicted molar refractivity (Wildman–Crippen MR) is 138 cm³/mol. The fraction of sp³-hybridized carbons (Fsp3) is 0.346. The van der Waals surface area contributed by atoms with Gasteiger partial charge >= 0.3 is 5.69 Å². The van der Waals surface area contributed by atoms with Crippen LogP contribution < -0.4 is 16.0 Å². The van der Waals surface area contributed by atoms with Crippen LogP contribution in [0.1, 0.15) is 35.8 Å². The normalized spacial score (nSPS) is 22.5. The van der Waals surface area contributed by atoms with Crippen LogP contribution >= 0.6 is 23.2 Å². The number of aliphatic hydroxyl groups is 1. The third kappa shape index (κ3) is 4.41. The van der Waals surface area contributed by atoms with Crippen LogP contribution in [0, 0.1) is 0 Å². The van der Waals surface area contributed by atoms with Gasteiger partial charge in [0, 0.05) is 36.5 Å². The summed E-state index contributed by atoms with van der Waals surface area (Å²) in [4.78, 5) is 41.5. The van der Waals surface area contributed by atoms with Crippen molar-refractivity contribution in [2.24, 2.45) is 0 Å². The number of halogens is 3. The molecule has 0 saturated carbocycles. The van der Waals surface area contributed by atoms with Gasteiger partial charge in [-0.15, -0.1) is 0 Å². The molecule has 4 atom stereocenters. The lowest BCUT2D eigenvalue weighted by molar-refractivity contribution is -0.133. The lowest BCUT2D eigenvalue weighted by Crippen LogP contribution is -2.42. The zero-order valence-electron chi connectivity index (χ0n) is 20.4. The largest absolute Gasteiger partial charge is 0.454 e. The minimum atomic E-state index is -1.97. The number of alkyl halides is 1. The molecule has 3 aromatic rings. The van der Waals surface area contributed by atoms with Crippen LogP contribution in [0.4, 0.5) is 4.39 Å². The molecule has 2 N–H and O–H groups in total. The number of benzene rings is 2. The Kier molecular flexibility index (Phi) is 7.08. The summed E-state index contributed by atoms with van der Waals surface area (Å²) in [6, 6.07) is 10.1. The molecule has 2 aromatic carbocycles. The molecular weight excluding hydrogens is 540 g/mol. The average Bonchev–Trinajstić information content (AvgIpc) is 3.16. The summed E-state index contributed by atoms with van der Waals surface area (Å²) in [5.74, 6) is -0.594. The van der Waals surface area contributed by atoms with Crippen LogP contribution in [0.2, 0.25) is 10.0 Å². The SMILES string of the molecule is CCc1cn([C@@H]2O[C@H](CN(C)C(=O)C3c4cccc(Cl)c4Oc4c(Cl)cccc43)[C@@H](O)[C@H]2F)c(=O)[nH]c1=O. The molecule has 0 spiro atoms. The third-order valence-electron chi connectivity index (χ3n) is 6.89. The number of hydrogen-bond donors (Lipinski definition) is 2. The number of nitrogens with one attached hydrogen (secondary N) is 1. The molecule has 38 heavy (non-hydrogen) atoms. The van der Waals surface area contributed by atoms with Gasteiger partial charge in [0.1, 0.15) is 23.7 Å². The van der Waals surface area contributed by atoms with Crippen LogP contribution in [-0.2, 0) is 16.0 Å². The number of hydrogen-bond acceptors (Lipinski definition) is 6. The second-order valence-corrected chi connectivity index (χ2v) is 10.1. The number of aromatic nitrogens is 2. The number of H-pyrrole nitrogens is 1. The number of aryl methyl sites for hydroxylation is 1. The van der Waals surface area contributed by atoms with E-state index in [-0.39, 0.29) is 18.0 Å². The highest BCUT2D eigenvalue weighted by Gasteiger charge is 2.47. The highest BCUT2D eigenvalue weighted by Crippen LogP contribution is 2.50. The molecule has 0 aliphatic carbocycles. The van der Waals surface area contributed by atoms with Crippen LogP contribution in [0.5, 0.6) is 11.5 Å². The fourth-order valence-corrected chi connectivity index (χ4v) is 5.32. The summed E-state index contributed by atoms with van der Waals surface area (Å²) in [5, 5.41) is 11.2. The first-order valence-corrected chi connectivity index (χ1v) is 12.7. The lowest BCUT2D eigenvalue weighted by atomic mass is 9.86. The van der Waals surface area contributed by atoms with E-state index < -0.39 is 41.8 Å². The lowest BCUT2D eigenvalue weighted by Gasteiger charge is -2.32. The minimum absolute atomic E-state index is 0.182. The summed E-state index contributed by atoms with van der Waals surface area (Å²) >= 11 is 12.7. The van der Waals surface area contributed by atoms with Gasteiger partial charge in [0.2, 0.25) is 5.91 Å². The standard InChI is InChI=1S/C26H24Cl2FN3O6/c1-3-12-10-32(26(36)30-23(12)34)25-19(29)20(33)17(37-25)11-31(2)24(35)18-13-6-4-8-15(27)21(13)38-22-14(18)7-5-9-16(22)28/h4-10,17-20,25,33H,3,11H2,1-2H3,(H,30,34,36)/t17-,19-,20-,25-/m1/s1. The van der Waals surface area contributed by atoms with E-state index in [1.54, 1.807) is 43.3 Å². The van der Waals surface area contributed by atoms with Crippen LogP contribution in [-0.4, -0.2) is 57.4 Å². The summed E-state index contributed by atoms with van der Waals surface area (Å²) < 4.78 is 27.8. The Morgan fingerprint density at radius 3 is 2.32 bits per heavy atom. The molecular formula is C26H24Cl2FN3O6. The van der Waals surface area contributed by atoms with E-state index in [0.29, 0.717) is 39.1 Å². The van der Waals surface area contributed by atoms with Crippen LogP contribution in [0.3, 0.4) is 0 Å². The fourth-order valence-electron chi connectivity index (χ4n) is 4.88. The van der Waals surface area contributed by atoms with Crippen molar-refractivity contribution in [3.63, 3.8) is 0 Å². The van der Waals surface area contributed by atoms with Gasteiger partial charge in [-0.2, -0.15) is 0 Å². The van der Waals surface area contributed by atoms with Gasteiger partial charge in [0.25, 0.3) is 5.56 Å². The number of carbonyl (C=O) groups excluding carboxylic acids is 1. The maximum Gasteiger partial charge on any atom is 0.330 e. The van der Waals surface area contributed by atoms with Gasteiger partial charge in [-0.25, -0.2) is 9.18 Å². The Bertz CT molecular complexity index is 1470. The second kappa shape index (κ2) is 10.2. The van der Waals surface area contributed by atoms with Crippen molar-refractivity contribution in [1.82, 2.24) is 14.5 Å². The molecule has 12 heteroatoms. The van der Waals surface area contributed by atoms with Crippen molar-refractivity contribution in [2.75, 3.05) is 13.6 Å². The van der Waals surface area contributed by atoms with Gasteiger partial charge < -0.3 is 19.5 Å². The topological polar surface area (TPSA) is 114 Å². The van der Waals surface area contributed by atoms with Crippen LogP contribution in [0.15, 0.2) is 52.2 Å². The number of nitrogens with zero attached hydrogens (tertiary/aromatic N) is 2. The molecule has 1 saturated heterocycles. The first kappa shape index (κ1) is 26.4. The van der Waals surface area contributed by atoms with Crippen molar-refractivity contribution < 1.29 is 23.8 Å². The second-order valence-electron chi connectivity index (χ2n) is 9.24. The molecule has 0 unspecified atom stereocenters. The quantitative estimate of drug-likeness (QED) is 0.491. The molecule has 0 radical (unpaired) electrons. The number of carbonyl (C=O) groups is 1. The molecule has 200 valence electrons. The predicted octanol–water partition coefficient (Wildman–Crippen LogP) is 3.40. The molecule has 2 aliphatic rings. The number of ether oxygens (including phenoxy) is 2. The summed E-state index contributed by atoms with van der Waals surface area (Å²) in [7, 11) is 1.50. The highest BCUT2D eigenvalue weighted by atomic mass is 35.5. The number of rotatable bonds is 5. The van der Waals surface area contributed by atoms with E-state index in [0.717, 1.165) is 4.57 Å². The summed E-state index contributed by atoms with van der Waals surface area (Å²) in [6.45, 7) is 1.53. The molecule has 1 fully saturated rings. The molecule has 9 nitrogen and oxygen atoms in total. The van der Waals surface area contributed by atoms with Crippen LogP contribution in [0.25, 0.3) is 0 Å². The van der Waals surface area contributed by atoms with Crippen molar-refractivity contribution in [3.8, 4) is 11.5 Å². The average molecular weight is 564 g/mol. The Morgan fingerprint density at radius 2 is 1.74 bits per heavy atom.